The minimum absolute atomic E-state index is 0.0124. The fraction of sp³-hybridized carbons (Fsp3) is 0.417. The Bertz CT molecular complexity index is 452. The van der Waals surface area contributed by atoms with Crippen LogP contribution >= 0.6 is 0 Å². The monoisotopic (exact) mass is 233 g/mol. The Kier molecular flexibility index (Phi) is 4.61. The van der Waals surface area contributed by atoms with Gasteiger partial charge in [0.05, 0.1) is 11.3 Å². The van der Waals surface area contributed by atoms with Gasteiger partial charge in [-0.3, -0.25) is 4.79 Å². The molecule has 17 heavy (non-hydrogen) atoms. The van der Waals surface area contributed by atoms with E-state index in [9.17, 15) is 4.79 Å². The number of carbonyl (C=O) groups is 1. The van der Waals surface area contributed by atoms with Gasteiger partial charge in [-0.1, -0.05) is 6.92 Å². The van der Waals surface area contributed by atoms with Gasteiger partial charge in [-0.25, -0.2) is 4.98 Å². The number of nitrogens with one attached hydrogen (secondary N) is 1. The van der Waals surface area contributed by atoms with Gasteiger partial charge >= 0.3 is 0 Å². The first-order valence-corrected chi connectivity index (χ1v) is 5.35. The summed E-state index contributed by atoms with van der Waals surface area (Å²) in [7, 11) is 0. The van der Waals surface area contributed by atoms with Crippen LogP contribution in [0.4, 0.5) is 0 Å². The summed E-state index contributed by atoms with van der Waals surface area (Å²) in [6.07, 6.45) is 0. The lowest BCUT2D eigenvalue weighted by atomic mass is 10.2. The quantitative estimate of drug-likeness (QED) is 0.798. The van der Waals surface area contributed by atoms with Gasteiger partial charge in [-0.2, -0.15) is 5.26 Å². The van der Waals surface area contributed by atoms with Crippen LogP contribution in [0.25, 0.3) is 0 Å². The number of aliphatic hydroxyl groups is 1. The zero-order chi connectivity index (χ0) is 12.8. The largest absolute Gasteiger partial charge is 0.396 e. The number of aromatic nitrogens is 1. The molecule has 0 aliphatic carbocycles. The van der Waals surface area contributed by atoms with Crippen molar-refractivity contribution >= 4 is 5.91 Å². The Hall–Kier alpha value is -1.93. The van der Waals surface area contributed by atoms with Crippen LogP contribution in [-0.2, 0) is 0 Å². The third-order valence-electron chi connectivity index (χ3n) is 2.36. The van der Waals surface area contributed by atoms with Gasteiger partial charge in [0, 0.05) is 13.2 Å². The summed E-state index contributed by atoms with van der Waals surface area (Å²) in [6.45, 7) is 3.94. The maximum Gasteiger partial charge on any atom is 0.269 e. The van der Waals surface area contributed by atoms with Crippen molar-refractivity contribution in [2.75, 3.05) is 13.2 Å². The Labute approximate surface area is 100 Å². The lowest BCUT2D eigenvalue weighted by Crippen LogP contribution is -2.30. The second-order valence-electron chi connectivity index (χ2n) is 3.94. The topological polar surface area (TPSA) is 86.0 Å². The van der Waals surface area contributed by atoms with Gasteiger partial charge in [-0.15, -0.1) is 0 Å². The number of rotatable bonds is 4. The molecule has 1 unspecified atom stereocenters. The zero-order valence-electron chi connectivity index (χ0n) is 9.90. The predicted octanol–water partition coefficient (Wildman–Crippen LogP) is 0.620. The van der Waals surface area contributed by atoms with E-state index in [1.807, 2.05) is 13.0 Å². The summed E-state index contributed by atoms with van der Waals surface area (Å²) >= 11 is 0. The number of aryl methyl sites for hydroxylation is 1. The van der Waals surface area contributed by atoms with E-state index in [4.69, 9.17) is 10.4 Å². The van der Waals surface area contributed by atoms with Crippen LogP contribution in [0.3, 0.4) is 0 Å². The number of pyridine rings is 1. The number of hydrogen-bond donors (Lipinski definition) is 2. The molecule has 0 saturated heterocycles. The van der Waals surface area contributed by atoms with Gasteiger partial charge < -0.3 is 10.4 Å². The van der Waals surface area contributed by atoms with Gasteiger partial charge in [0.15, 0.2) is 0 Å². The summed E-state index contributed by atoms with van der Waals surface area (Å²) in [5.74, 6) is -0.281. The number of nitrogens with zero attached hydrogens (tertiary/aromatic N) is 2. The summed E-state index contributed by atoms with van der Waals surface area (Å²) in [5, 5.41) is 20.2. The van der Waals surface area contributed by atoms with Crippen LogP contribution in [0.1, 0.15) is 28.7 Å². The summed E-state index contributed by atoms with van der Waals surface area (Å²) in [5.41, 5.74) is 1.28. The fourth-order valence-electron chi connectivity index (χ4n) is 1.23. The van der Waals surface area contributed by atoms with Crippen molar-refractivity contribution in [2.45, 2.75) is 13.8 Å². The lowest BCUT2D eigenvalue weighted by molar-refractivity contribution is 0.0937. The van der Waals surface area contributed by atoms with E-state index in [1.165, 1.54) is 6.07 Å². The number of amides is 1. The molecule has 0 aliphatic heterocycles. The molecule has 5 heteroatoms. The minimum Gasteiger partial charge on any atom is -0.396 e. The third kappa shape index (κ3) is 3.54. The number of nitriles is 1. The average molecular weight is 233 g/mol. The fourth-order valence-corrected chi connectivity index (χ4v) is 1.23. The van der Waals surface area contributed by atoms with Crippen molar-refractivity contribution in [3.63, 3.8) is 0 Å². The molecular formula is C12H15N3O2. The van der Waals surface area contributed by atoms with Crippen molar-refractivity contribution in [2.24, 2.45) is 5.92 Å². The highest BCUT2D eigenvalue weighted by molar-refractivity contribution is 5.92. The first-order valence-electron chi connectivity index (χ1n) is 5.35. The lowest BCUT2D eigenvalue weighted by Gasteiger charge is -2.09. The summed E-state index contributed by atoms with van der Waals surface area (Å²) in [4.78, 5) is 15.7. The Morgan fingerprint density at radius 1 is 1.65 bits per heavy atom. The molecule has 1 aromatic heterocycles. The Balaban J connectivity index is 2.71. The molecule has 0 bridgehead atoms. The molecule has 1 aromatic rings. The van der Waals surface area contributed by atoms with Crippen molar-refractivity contribution in [3.05, 3.63) is 29.1 Å². The number of hydrogen-bond acceptors (Lipinski definition) is 4. The van der Waals surface area contributed by atoms with Gasteiger partial charge in [0.25, 0.3) is 5.91 Å². The highest BCUT2D eigenvalue weighted by Gasteiger charge is 2.10. The van der Waals surface area contributed by atoms with E-state index in [2.05, 4.69) is 10.3 Å². The SMILES string of the molecule is Cc1nc(C(=O)NCC(C)CO)ccc1C#N. The molecule has 1 atom stereocenters. The van der Waals surface area contributed by atoms with Crippen LogP contribution in [-0.4, -0.2) is 29.1 Å². The van der Waals surface area contributed by atoms with Crippen molar-refractivity contribution in [3.8, 4) is 6.07 Å². The van der Waals surface area contributed by atoms with Gasteiger partial charge in [-0.05, 0) is 25.0 Å². The van der Waals surface area contributed by atoms with Crippen LogP contribution in [0.2, 0.25) is 0 Å². The van der Waals surface area contributed by atoms with Crippen LogP contribution in [0.5, 0.6) is 0 Å². The van der Waals surface area contributed by atoms with E-state index in [0.717, 1.165) is 0 Å². The molecule has 1 amide bonds. The molecule has 0 aliphatic rings. The van der Waals surface area contributed by atoms with E-state index in [0.29, 0.717) is 17.8 Å². The van der Waals surface area contributed by atoms with Gasteiger partial charge in [0.2, 0.25) is 0 Å². The highest BCUT2D eigenvalue weighted by atomic mass is 16.3. The van der Waals surface area contributed by atoms with Crippen molar-refractivity contribution in [1.29, 1.82) is 5.26 Å². The van der Waals surface area contributed by atoms with E-state index in [1.54, 1.807) is 13.0 Å². The Morgan fingerprint density at radius 2 is 2.35 bits per heavy atom. The second-order valence-corrected chi connectivity index (χ2v) is 3.94. The first-order chi connectivity index (χ1) is 8.08. The molecule has 0 saturated carbocycles. The summed E-state index contributed by atoms with van der Waals surface area (Å²) < 4.78 is 0. The average Bonchev–Trinajstić information content (AvgIpc) is 2.35. The predicted molar refractivity (Wildman–Crippen MR) is 62.3 cm³/mol. The van der Waals surface area contributed by atoms with Crippen LogP contribution in [0.15, 0.2) is 12.1 Å². The molecule has 0 fully saturated rings. The Morgan fingerprint density at radius 3 is 2.88 bits per heavy atom. The molecule has 5 nitrogen and oxygen atoms in total. The first kappa shape index (κ1) is 13.1. The summed E-state index contributed by atoms with van der Waals surface area (Å²) in [6, 6.07) is 5.09. The molecule has 0 radical (unpaired) electrons. The van der Waals surface area contributed by atoms with Crippen molar-refractivity contribution in [1.82, 2.24) is 10.3 Å². The van der Waals surface area contributed by atoms with Crippen LogP contribution < -0.4 is 5.32 Å². The standard InChI is InChI=1S/C12H15N3O2/c1-8(7-16)6-14-12(17)11-4-3-10(5-13)9(2)15-11/h3-4,8,16H,6-7H2,1-2H3,(H,14,17). The molecule has 1 heterocycles. The van der Waals surface area contributed by atoms with E-state index < -0.39 is 0 Å². The zero-order valence-corrected chi connectivity index (χ0v) is 9.90. The normalized spacial score (nSPS) is 11.6. The molecular weight excluding hydrogens is 218 g/mol. The van der Waals surface area contributed by atoms with Crippen molar-refractivity contribution < 1.29 is 9.90 Å². The highest BCUT2D eigenvalue weighted by Crippen LogP contribution is 2.05. The molecule has 90 valence electrons. The maximum atomic E-state index is 11.7. The smallest absolute Gasteiger partial charge is 0.269 e. The molecule has 2 N–H and O–H groups in total. The second kappa shape index (κ2) is 5.97. The minimum atomic E-state index is -0.294. The van der Waals surface area contributed by atoms with E-state index in [-0.39, 0.29) is 24.1 Å². The van der Waals surface area contributed by atoms with Crippen LogP contribution in [0, 0.1) is 24.2 Å². The molecule has 0 aromatic carbocycles. The molecule has 1 rings (SSSR count). The van der Waals surface area contributed by atoms with E-state index >= 15 is 0 Å². The molecule has 0 spiro atoms. The third-order valence-corrected chi connectivity index (χ3v) is 2.36. The maximum absolute atomic E-state index is 11.7. The number of aliphatic hydroxyl groups excluding tert-OH is 1. The van der Waals surface area contributed by atoms with Gasteiger partial charge in [0.1, 0.15) is 11.8 Å². The number of carbonyl (C=O) groups excluding carboxylic acids is 1.